The maximum atomic E-state index is 12.4. The third kappa shape index (κ3) is 7.06. The van der Waals surface area contributed by atoms with Gasteiger partial charge in [0.25, 0.3) is 5.91 Å². The number of nitrogens with zero attached hydrogens (tertiary/aromatic N) is 1. The second kappa shape index (κ2) is 12.0. The molecule has 2 atom stereocenters. The molecule has 2 N–H and O–H groups in total. The standard InChI is InChI=1S/C24H30N2O5S/c1-17(27)22(24(29)30-2)25-23(28)20-7-9-21(10-8-20)32-16-19-5-3-18(4-6-19)15-26-11-13-31-14-12-26/h3-10,17,22,27H,11-16H2,1-2H3,(H,25,28)/t17-,22+/m1/s1. The third-order valence-electron chi connectivity index (χ3n) is 5.28. The van der Waals surface area contributed by atoms with Gasteiger partial charge in [0, 0.05) is 35.8 Å². The second-order valence-electron chi connectivity index (χ2n) is 7.73. The number of hydrogen-bond acceptors (Lipinski definition) is 7. The predicted molar refractivity (Wildman–Crippen MR) is 123 cm³/mol. The van der Waals surface area contributed by atoms with Gasteiger partial charge in [-0.1, -0.05) is 24.3 Å². The number of carbonyl (C=O) groups is 2. The predicted octanol–water partition coefficient (Wildman–Crippen LogP) is 2.46. The zero-order valence-electron chi connectivity index (χ0n) is 18.5. The molecule has 0 bridgehead atoms. The number of carbonyl (C=O) groups excluding carboxylic acids is 2. The van der Waals surface area contributed by atoms with Gasteiger partial charge in [0.2, 0.25) is 0 Å². The van der Waals surface area contributed by atoms with Crippen molar-refractivity contribution in [2.24, 2.45) is 0 Å². The van der Waals surface area contributed by atoms with Gasteiger partial charge in [-0.15, -0.1) is 11.8 Å². The molecule has 0 unspecified atom stereocenters. The van der Waals surface area contributed by atoms with E-state index < -0.39 is 24.0 Å². The Kier molecular flexibility index (Phi) is 9.11. The van der Waals surface area contributed by atoms with Gasteiger partial charge in [-0.25, -0.2) is 4.79 Å². The normalized spacial score (nSPS) is 16.2. The van der Waals surface area contributed by atoms with Crippen LogP contribution in [0.5, 0.6) is 0 Å². The van der Waals surface area contributed by atoms with Crippen molar-refractivity contribution in [2.75, 3.05) is 33.4 Å². The van der Waals surface area contributed by atoms with Crippen molar-refractivity contribution in [1.29, 1.82) is 0 Å². The Morgan fingerprint density at radius 1 is 1.09 bits per heavy atom. The molecule has 1 amide bonds. The topological polar surface area (TPSA) is 88.1 Å². The SMILES string of the molecule is COC(=O)[C@@H](NC(=O)c1ccc(SCc2ccc(CN3CCOCC3)cc2)cc1)[C@@H](C)O. The van der Waals surface area contributed by atoms with Gasteiger partial charge in [0.05, 0.1) is 26.4 Å². The molecule has 0 saturated carbocycles. The first-order valence-electron chi connectivity index (χ1n) is 10.6. The third-order valence-corrected chi connectivity index (χ3v) is 6.36. The van der Waals surface area contributed by atoms with E-state index in [1.54, 1.807) is 23.9 Å². The molecule has 2 aromatic rings. The molecule has 3 rings (SSSR count). The minimum absolute atomic E-state index is 0.413. The fourth-order valence-corrected chi connectivity index (χ4v) is 4.21. The van der Waals surface area contributed by atoms with Crippen molar-refractivity contribution in [3.05, 3.63) is 65.2 Å². The molecule has 1 fully saturated rings. The highest BCUT2D eigenvalue weighted by molar-refractivity contribution is 7.98. The van der Waals surface area contributed by atoms with E-state index in [4.69, 9.17) is 4.74 Å². The summed E-state index contributed by atoms with van der Waals surface area (Å²) in [4.78, 5) is 27.5. The molecular formula is C24H30N2O5S. The molecule has 0 aliphatic carbocycles. The van der Waals surface area contributed by atoms with E-state index in [9.17, 15) is 14.7 Å². The van der Waals surface area contributed by atoms with E-state index in [1.807, 2.05) is 12.1 Å². The van der Waals surface area contributed by atoms with Crippen molar-refractivity contribution in [2.45, 2.75) is 36.3 Å². The maximum Gasteiger partial charge on any atom is 0.331 e. The highest BCUT2D eigenvalue weighted by Gasteiger charge is 2.26. The lowest BCUT2D eigenvalue weighted by Crippen LogP contribution is -2.48. The molecule has 32 heavy (non-hydrogen) atoms. The highest BCUT2D eigenvalue weighted by atomic mass is 32.2. The minimum atomic E-state index is -1.10. The largest absolute Gasteiger partial charge is 0.467 e. The average molecular weight is 459 g/mol. The molecule has 1 saturated heterocycles. The van der Waals surface area contributed by atoms with Crippen molar-refractivity contribution < 1.29 is 24.2 Å². The fourth-order valence-electron chi connectivity index (χ4n) is 3.36. The average Bonchev–Trinajstić information content (AvgIpc) is 2.82. The summed E-state index contributed by atoms with van der Waals surface area (Å²) in [6.07, 6.45) is -1.05. The van der Waals surface area contributed by atoms with Gasteiger partial charge in [0.15, 0.2) is 6.04 Å². The first-order chi connectivity index (χ1) is 15.5. The van der Waals surface area contributed by atoms with Gasteiger partial charge < -0.3 is 19.9 Å². The van der Waals surface area contributed by atoms with Crippen LogP contribution >= 0.6 is 11.8 Å². The number of aliphatic hydroxyl groups is 1. The number of morpholine rings is 1. The Morgan fingerprint density at radius 2 is 1.72 bits per heavy atom. The van der Waals surface area contributed by atoms with Crippen molar-refractivity contribution in [1.82, 2.24) is 10.2 Å². The summed E-state index contributed by atoms with van der Waals surface area (Å²) in [6.45, 7) is 5.95. The molecule has 1 aliphatic heterocycles. The molecule has 8 heteroatoms. The number of thioether (sulfide) groups is 1. The Balaban J connectivity index is 1.50. The number of aliphatic hydroxyl groups excluding tert-OH is 1. The Hall–Kier alpha value is -2.39. The number of hydrogen-bond donors (Lipinski definition) is 2. The van der Waals surface area contributed by atoms with Crippen LogP contribution in [-0.2, 0) is 26.6 Å². The lowest BCUT2D eigenvalue weighted by Gasteiger charge is -2.26. The summed E-state index contributed by atoms with van der Waals surface area (Å²) in [5.74, 6) is -0.291. The Labute approximate surface area is 193 Å². The van der Waals surface area contributed by atoms with Crippen LogP contribution in [0.1, 0.15) is 28.4 Å². The summed E-state index contributed by atoms with van der Waals surface area (Å²) in [6, 6.07) is 14.7. The number of amides is 1. The molecule has 2 aromatic carbocycles. The smallest absolute Gasteiger partial charge is 0.331 e. The number of benzene rings is 2. The van der Waals surface area contributed by atoms with Gasteiger partial charge in [-0.3, -0.25) is 9.69 Å². The number of rotatable bonds is 9. The summed E-state index contributed by atoms with van der Waals surface area (Å²) >= 11 is 1.69. The zero-order valence-corrected chi connectivity index (χ0v) is 19.3. The summed E-state index contributed by atoms with van der Waals surface area (Å²) < 4.78 is 10.0. The molecule has 1 heterocycles. The monoisotopic (exact) mass is 458 g/mol. The van der Waals surface area contributed by atoms with E-state index in [-0.39, 0.29) is 0 Å². The van der Waals surface area contributed by atoms with Crippen molar-refractivity contribution in [3.63, 3.8) is 0 Å². The van der Waals surface area contributed by atoms with Crippen LogP contribution in [0.2, 0.25) is 0 Å². The Bertz CT molecular complexity index is 880. The number of methoxy groups -OCH3 is 1. The first kappa shape index (κ1) is 24.3. The van der Waals surface area contributed by atoms with E-state index in [1.165, 1.54) is 25.2 Å². The van der Waals surface area contributed by atoms with Crippen LogP contribution in [0.3, 0.4) is 0 Å². The summed E-state index contributed by atoms with van der Waals surface area (Å²) in [7, 11) is 1.22. The van der Waals surface area contributed by atoms with E-state index in [2.05, 4.69) is 39.2 Å². The second-order valence-corrected chi connectivity index (χ2v) is 8.78. The lowest BCUT2D eigenvalue weighted by atomic mass is 10.1. The lowest BCUT2D eigenvalue weighted by molar-refractivity contribution is -0.145. The molecule has 172 valence electrons. The maximum absolute atomic E-state index is 12.4. The van der Waals surface area contributed by atoms with Gasteiger partial charge in [-0.05, 0) is 42.3 Å². The van der Waals surface area contributed by atoms with Crippen LogP contribution in [0.4, 0.5) is 0 Å². The van der Waals surface area contributed by atoms with E-state index in [0.29, 0.717) is 5.56 Å². The zero-order chi connectivity index (χ0) is 22.9. The first-order valence-corrected chi connectivity index (χ1v) is 11.6. The van der Waals surface area contributed by atoms with Crippen LogP contribution in [0, 0.1) is 0 Å². The molecule has 0 aromatic heterocycles. The Morgan fingerprint density at radius 3 is 2.31 bits per heavy atom. The minimum Gasteiger partial charge on any atom is -0.467 e. The highest BCUT2D eigenvalue weighted by Crippen LogP contribution is 2.23. The quantitative estimate of drug-likeness (QED) is 0.441. The molecule has 0 spiro atoms. The molecule has 1 aliphatic rings. The van der Waals surface area contributed by atoms with Gasteiger partial charge in [-0.2, -0.15) is 0 Å². The summed E-state index contributed by atoms with van der Waals surface area (Å²) in [5, 5.41) is 12.2. The van der Waals surface area contributed by atoms with Crippen LogP contribution in [0.15, 0.2) is 53.4 Å². The molecule has 7 nitrogen and oxygen atoms in total. The fraction of sp³-hybridized carbons (Fsp3) is 0.417. The number of ether oxygens (including phenoxy) is 2. The van der Waals surface area contributed by atoms with Crippen molar-refractivity contribution in [3.8, 4) is 0 Å². The van der Waals surface area contributed by atoms with Crippen LogP contribution < -0.4 is 5.32 Å². The van der Waals surface area contributed by atoms with Gasteiger partial charge >= 0.3 is 5.97 Å². The van der Waals surface area contributed by atoms with E-state index >= 15 is 0 Å². The summed E-state index contributed by atoms with van der Waals surface area (Å²) in [5.41, 5.74) is 2.95. The number of nitrogens with one attached hydrogen (secondary N) is 1. The molecular weight excluding hydrogens is 428 g/mol. The van der Waals surface area contributed by atoms with Gasteiger partial charge in [0.1, 0.15) is 0 Å². The van der Waals surface area contributed by atoms with Crippen LogP contribution in [-0.4, -0.2) is 67.4 Å². The number of esters is 1. The van der Waals surface area contributed by atoms with E-state index in [0.717, 1.165) is 43.5 Å². The van der Waals surface area contributed by atoms with Crippen molar-refractivity contribution >= 4 is 23.6 Å². The molecule has 0 radical (unpaired) electrons. The van der Waals surface area contributed by atoms with Crippen LogP contribution in [0.25, 0.3) is 0 Å².